The van der Waals surface area contributed by atoms with E-state index in [1.807, 2.05) is 13.0 Å². The molecule has 1 N–H and O–H groups in total. The quantitative estimate of drug-likeness (QED) is 0.811. The van der Waals surface area contributed by atoms with Gasteiger partial charge in [-0.3, -0.25) is 9.59 Å². The highest BCUT2D eigenvalue weighted by Gasteiger charge is 2.36. The van der Waals surface area contributed by atoms with Crippen molar-refractivity contribution >= 4 is 5.91 Å². The van der Waals surface area contributed by atoms with Crippen molar-refractivity contribution in [2.45, 2.75) is 38.3 Å². The number of carbonyl (C=O) groups is 1. The zero-order valence-corrected chi connectivity index (χ0v) is 15.5. The van der Waals surface area contributed by atoms with Crippen LogP contribution >= 0.6 is 0 Å². The number of aliphatic hydroxyl groups is 1. The van der Waals surface area contributed by atoms with Crippen molar-refractivity contribution in [2.75, 3.05) is 45.9 Å². The fraction of sp³-hybridized carbons (Fsp3) is 0.684. The SMILES string of the molecule is Cc1cccc(=O)n1CCC(=O)N1CCOC[C@](O)(CN2CCCC2)C1. The minimum atomic E-state index is -1.03. The van der Waals surface area contributed by atoms with Crippen molar-refractivity contribution < 1.29 is 14.6 Å². The van der Waals surface area contributed by atoms with Crippen LogP contribution in [-0.2, 0) is 16.1 Å². The van der Waals surface area contributed by atoms with Crippen LogP contribution in [0.1, 0.15) is 25.0 Å². The zero-order valence-electron chi connectivity index (χ0n) is 15.5. The third kappa shape index (κ3) is 4.72. The Morgan fingerprint density at radius 1 is 1.27 bits per heavy atom. The second-order valence-corrected chi connectivity index (χ2v) is 7.48. The molecule has 144 valence electrons. The van der Waals surface area contributed by atoms with E-state index in [1.54, 1.807) is 15.5 Å². The van der Waals surface area contributed by atoms with E-state index in [0.717, 1.165) is 31.6 Å². The molecule has 0 radical (unpaired) electrons. The molecule has 3 heterocycles. The number of nitrogens with zero attached hydrogens (tertiary/aromatic N) is 3. The third-order valence-corrected chi connectivity index (χ3v) is 5.25. The van der Waals surface area contributed by atoms with Gasteiger partial charge in [-0.2, -0.15) is 0 Å². The number of rotatable bonds is 5. The van der Waals surface area contributed by atoms with Gasteiger partial charge in [0.25, 0.3) is 5.56 Å². The molecule has 1 atom stereocenters. The minimum absolute atomic E-state index is 0.0505. The Bertz CT molecular complexity index is 684. The molecule has 3 rings (SSSR count). The molecular formula is C19H29N3O4. The van der Waals surface area contributed by atoms with Gasteiger partial charge in [0.1, 0.15) is 5.60 Å². The fourth-order valence-corrected chi connectivity index (χ4v) is 3.86. The predicted octanol–water partition coefficient (Wildman–Crippen LogP) is 0.233. The van der Waals surface area contributed by atoms with Gasteiger partial charge >= 0.3 is 0 Å². The summed E-state index contributed by atoms with van der Waals surface area (Å²) >= 11 is 0. The molecular weight excluding hydrogens is 334 g/mol. The number of aryl methyl sites for hydroxylation is 1. The van der Waals surface area contributed by atoms with Gasteiger partial charge in [-0.1, -0.05) is 6.07 Å². The zero-order chi connectivity index (χ0) is 18.6. The standard InChI is InChI=1S/C19H29N3O4/c1-16-5-4-6-18(24)22(16)10-7-17(23)21-11-12-26-15-19(25,14-21)13-20-8-2-3-9-20/h4-6,25H,2-3,7-15H2,1H3/t19-/m0/s1. The summed E-state index contributed by atoms with van der Waals surface area (Å²) < 4.78 is 7.19. The molecule has 1 aromatic heterocycles. The van der Waals surface area contributed by atoms with E-state index < -0.39 is 5.60 Å². The Hall–Kier alpha value is -1.70. The van der Waals surface area contributed by atoms with Gasteiger partial charge in [-0.15, -0.1) is 0 Å². The molecule has 0 unspecified atom stereocenters. The normalized spacial score (nSPS) is 24.6. The van der Waals surface area contributed by atoms with Crippen LogP contribution in [0.25, 0.3) is 0 Å². The van der Waals surface area contributed by atoms with Crippen LogP contribution in [0.5, 0.6) is 0 Å². The number of ether oxygens (including phenoxy) is 1. The van der Waals surface area contributed by atoms with Gasteiger partial charge in [0.2, 0.25) is 5.91 Å². The summed E-state index contributed by atoms with van der Waals surface area (Å²) in [6.07, 6.45) is 2.56. The lowest BCUT2D eigenvalue weighted by molar-refractivity contribution is -0.134. The molecule has 0 aliphatic carbocycles. The lowest BCUT2D eigenvalue weighted by atomic mass is 10.0. The highest BCUT2D eigenvalue weighted by molar-refractivity contribution is 5.76. The first-order chi connectivity index (χ1) is 12.5. The molecule has 7 heteroatoms. The molecule has 0 spiro atoms. The summed E-state index contributed by atoms with van der Waals surface area (Å²) in [5, 5.41) is 11.0. The largest absolute Gasteiger partial charge is 0.384 e. The lowest BCUT2D eigenvalue weighted by Gasteiger charge is -2.34. The number of hydrogen-bond donors (Lipinski definition) is 1. The van der Waals surface area contributed by atoms with Gasteiger partial charge < -0.3 is 24.2 Å². The van der Waals surface area contributed by atoms with Crippen LogP contribution < -0.4 is 5.56 Å². The van der Waals surface area contributed by atoms with E-state index >= 15 is 0 Å². The maximum atomic E-state index is 12.7. The predicted molar refractivity (Wildman–Crippen MR) is 98.1 cm³/mol. The molecule has 26 heavy (non-hydrogen) atoms. The smallest absolute Gasteiger partial charge is 0.250 e. The van der Waals surface area contributed by atoms with E-state index in [0.29, 0.717) is 26.2 Å². The first kappa shape index (κ1) is 19.1. The molecule has 0 bridgehead atoms. The van der Waals surface area contributed by atoms with Crippen LogP contribution in [0.4, 0.5) is 0 Å². The Morgan fingerprint density at radius 2 is 2.04 bits per heavy atom. The Morgan fingerprint density at radius 3 is 2.77 bits per heavy atom. The van der Waals surface area contributed by atoms with Gasteiger partial charge in [0, 0.05) is 37.8 Å². The average molecular weight is 363 g/mol. The van der Waals surface area contributed by atoms with E-state index in [1.165, 1.54) is 6.07 Å². The maximum absolute atomic E-state index is 12.7. The summed E-state index contributed by atoms with van der Waals surface area (Å²) in [7, 11) is 0. The molecule has 7 nitrogen and oxygen atoms in total. The molecule has 1 amide bonds. The maximum Gasteiger partial charge on any atom is 0.250 e. The van der Waals surface area contributed by atoms with Gasteiger partial charge in [-0.05, 0) is 38.9 Å². The number of β-amino-alcohol motifs (C(OH)–C–C–N with tert-alkyl or cyclic N) is 1. The molecule has 2 aliphatic heterocycles. The highest BCUT2D eigenvalue weighted by Crippen LogP contribution is 2.18. The Kier molecular flexibility index (Phi) is 6.11. The summed E-state index contributed by atoms with van der Waals surface area (Å²) in [5.74, 6) is -0.0505. The molecule has 0 aromatic carbocycles. The van der Waals surface area contributed by atoms with Crippen molar-refractivity contribution in [2.24, 2.45) is 0 Å². The Labute approximate surface area is 154 Å². The fourth-order valence-electron chi connectivity index (χ4n) is 3.86. The van der Waals surface area contributed by atoms with Crippen LogP contribution in [0, 0.1) is 6.92 Å². The molecule has 0 saturated carbocycles. The molecule has 1 aromatic rings. The molecule has 2 saturated heterocycles. The second-order valence-electron chi connectivity index (χ2n) is 7.48. The van der Waals surface area contributed by atoms with Crippen LogP contribution in [-0.4, -0.2) is 76.9 Å². The minimum Gasteiger partial charge on any atom is -0.384 e. The molecule has 2 fully saturated rings. The highest BCUT2D eigenvalue weighted by atomic mass is 16.5. The Balaban J connectivity index is 1.61. The topological polar surface area (TPSA) is 75.0 Å². The average Bonchev–Trinajstić information content (AvgIpc) is 3.01. The van der Waals surface area contributed by atoms with Crippen molar-refractivity contribution in [3.8, 4) is 0 Å². The van der Waals surface area contributed by atoms with E-state index in [9.17, 15) is 14.7 Å². The third-order valence-electron chi connectivity index (χ3n) is 5.25. The van der Waals surface area contributed by atoms with E-state index in [2.05, 4.69) is 4.90 Å². The number of amides is 1. The summed E-state index contributed by atoms with van der Waals surface area (Å²) in [4.78, 5) is 28.6. The summed E-state index contributed by atoms with van der Waals surface area (Å²) in [6.45, 7) is 6.18. The first-order valence-corrected chi connectivity index (χ1v) is 9.44. The van der Waals surface area contributed by atoms with E-state index in [4.69, 9.17) is 4.74 Å². The van der Waals surface area contributed by atoms with Gasteiger partial charge in [0.05, 0.1) is 19.8 Å². The second kappa shape index (κ2) is 8.33. The van der Waals surface area contributed by atoms with E-state index in [-0.39, 0.29) is 31.0 Å². The monoisotopic (exact) mass is 363 g/mol. The van der Waals surface area contributed by atoms with Crippen LogP contribution in [0.3, 0.4) is 0 Å². The van der Waals surface area contributed by atoms with Crippen LogP contribution in [0.2, 0.25) is 0 Å². The number of pyridine rings is 1. The van der Waals surface area contributed by atoms with Gasteiger partial charge in [-0.25, -0.2) is 0 Å². The number of hydrogen-bond acceptors (Lipinski definition) is 5. The van der Waals surface area contributed by atoms with Crippen molar-refractivity contribution in [1.82, 2.24) is 14.4 Å². The van der Waals surface area contributed by atoms with Gasteiger partial charge in [0.15, 0.2) is 0 Å². The van der Waals surface area contributed by atoms with Crippen molar-refractivity contribution in [3.63, 3.8) is 0 Å². The molecule has 2 aliphatic rings. The summed E-state index contributed by atoms with van der Waals surface area (Å²) in [5.41, 5.74) is -0.284. The van der Waals surface area contributed by atoms with Crippen LogP contribution in [0.15, 0.2) is 23.0 Å². The van der Waals surface area contributed by atoms with Crippen molar-refractivity contribution in [3.05, 3.63) is 34.2 Å². The number of aromatic nitrogens is 1. The first-order valence-electron chi connectivity index (χ1n) is 9.44. The van der Waals surface area contributed by atoms with Crippen molar-refractivity contribution in [1.29, 1.82) is 0 Å². The lowest BCUT2D eigenvalue weighted by Crippen LogP contribution is -2.53. The summed E-state index contributed by atoms with van der Waals surface area (Å²) in [6, 6.07) is 5.09. The number of carbonyl (C=O) groups excluding carboxylic acids is 1. The number of likely N-dealkylation sites (tertiary alicyclic amines) is 1.